The van der Waals surface area contributed by atoms with E-state index in [1.54, 1.807) is 30.3 Å². The summed E-state index contributed by atoms with van der Waals surface area (Å²) >= 11 is 0. The Kier molecular flexibility index (Phi) is 5.76. The monoisotopic (exact) mass is 408 g/mol. The van der Waals surface area contributed by atoms with Crippen molar-refractivity contribution in [1.82, 2.24) is 9.55 Å². The largest absolute Gasteiger partial charge is 0.454 e. The molecule has 2 heterocycles. The van der Waals surface area contributed by atoms with Gasteiger partial charge in [0.25, 0.3) is 5.56 Å². The minimum absolute atomic E-state index is 0.0608. The third-order valence-electron chi connectivity index (χ3n) is 3.99. The van der Waals surface area contributed by atoms with Crippen LogP contribution < -0.4 is 11.2 Å². The maximum absolute atomic E-state index is 12.4. The normalized spacial score (nSPS) is 22.4. The van der Waals surface area contributed by atoms with E-state index in [9.17, 15) is 18.9 Å². The number of ether oxygens (including phenoxy) is 2. The Morgan fingerprint density at radius 3 is 2.61 bits per heavy atom. The second kappa shape index (κ2) is 8.07. The van der Waals surface area contributed by atoms with E-state index in [4.69, 9.17) is 19.3 Å². The van der Waals surface area contributed by atoms with E-state index in [-0.39, 0.29) is 6.42 Å². The molecule has 1 aliphatic heterocycles. The summed E-state index contributed by atoms with van der Waals surface area (Å²) in [5.41, 5.74) is -1.07. The molecule has 3 N–H and O–H groups in total. The quantitative estimate of drug-likeness (QED) is 0.485. The van der Waals surface area contributed by atoms with E-state index in [0.29, 0.717) is 11.4 Å². The van der Waals surface area contributed by atoms with Gasteiger partial charge in [-0.25, -0.2) is 9.59 Å². The lowest BCUT2D eigenvalue weighted by Gasteiger charge is -2.20. The van der Waals surface area contributed by atoms with Crippen molar-refractivity contribution in [3.63, 3.8) is 0 Å². The van der Waals surface area contributed by atoms with Crippen LogP contribution in [-0.2, 0) is 14.0 Å². The molecule has 1 unspecified atom stereocenters. The van der Waals surface area contributed by atoms with Gasteiger partial charge in [0.2, 0.25) is 0 Å². The van der Waals surface area contributed by atoms with Gasteiger partial charge in [0.1, 0.15) is 0 Å². The highest BCUT2D eigenvalue weighted by Gasteiger charge is 2.39. The molecule has 1 aromatic carbocycles. The van der Waals surface area contributed by atoms with E-state index >= 15 is 0 Å². The maximum atomic E-state index is 12.4. The van der Waals surface area contributed by atoms with Crippen LogP contribution in [0.4, 0.5) is 0 Å². The van der Waals surface area contributed by atoms with Gasteiger partial charge in [0.15, 0.2) is 12.3 Å². The van der Waals surface area contributed by atoms with Gasteiger partial charge in [-0.05, 0) is 18.2 Å². The Labute approximate surface area is 158 Å². The highest BCUT2D eigenvalue weighted by molar-refractivity contribution is 7.55. The predicted molar refractivity (Wildman–Crippen MR) is 96.7 cm³/mol. The number of carbonyl (C=O) groups excluding carboxylic acids is 1. The molecule has 11 heteroatoms. The van der Waals surface area contributed by atoms with Crippen molar-refractivity contribution in [2.45, 2.75) is 24.9 Å². The summed E-state index contributed by atoms with van der Waals surface area (Å²) in [6, 6.07) is 9.30. The molecule has 3 atom stereocenters. The highest BCUT2D eigenvalue weighted by atomic mass is 31.2. The molecule has 10 nitrogen and oxygen atoms in total. The van der Waals surface area contributed by atoms with Gasteiger partial charge in [-0.2, -0.15) is 0 Å². The molecule has 3 rings (SSSR count). The molecule has 0 spiro atoms. The number of H-pyrrole nitrogens is 1. The van der Waals surface area contributed by atoms with Crippen LogP contribution in [0.5, 0.6) is 0 Å². The second-order valence-corrected chi connectivity index (χ2v) is 7.53. The molecule has 28 heavy (non-hydrogen) atoms. The number of aromatic amines is 1. The molecular weight excluding hydrogens is 391 g/mol. The third-order valence-corrected chi connectivity index (χ3v) is 4.55. The summed E-state index contributed by atoms with van der Waals surface area (Å²) in [5, 5.41) is 0. The molecule has 0 radical (unpaired) electrons. The van der Waals surface area contributed by atoms with Crippen molar-refractivity contribution in [1.29, 1.82) is 0 Å². The average molecular weight is 408 g/mol. The zero-order valence-electron chi connectivity index (χ0n) is 14.4. The first kappa shape index (κ1) is 20.0. The summed E-state index contributed by atoms with van der Waals surface area (Å²) in [4.78, 5) is 55.8. The number of aromatic nitrogens is 2. The fraction of sp³-hybridized carbons (Fsp3) is 0.235. The lowest BCUT2D eigenvalue weighted by molar-refractivity contribution is -0.0421. The van der Waals surface area contributed by atoms with Crippen LogP contribution in [0.25, 0.3) is 0 Å². The number of nitrogens with zero attached hydrogens (tertiary/aromatic N) is 1. The Morgan fingerprint density at radius 1 is 1.25 bits per heavy atom. The molecule has 1 aliphatic rings. The zero-order valence-corrected chi connectivity index (χ0v) is 15.3. The van der Waals surface area contributed by atoms with Crippen molar-refractivity contribution in [3.05, 3.63) is 80.9 Å². The van der Waals surface area contributed by atoms with Crippen molar-refractivity contribution in [2.75, 3.05) is 0 Å². The number of benzene rings is 1. The molecule has 0 amide bonds. The topological polar surface area (TPSA) is 148 Å². The Bertz CT molecular complexity index is 1040. The minimum Gasteiger partial charge on any atom is -0.454 e. The molecular formula is C17H17N2O8P. The number of esters is 1. The fourth-order valence-electron chi connectivity index (χ4n) is 2.76. The lowest BCUT2D eigenvalue weighted by atomic mass is 10.2. The van der Waals surface area contributed by atoms with E-state index in [2.05, 4.69) is 4.98 Å². The predicted octanol–water partition coefficient (Wildman–Crippen LogP) is 0.741. The lowest BCUT2D eigenvalue weighted by Crippen LogP contribution is -2.36. The van der Waals surface area contributed by atoms with Crippen LogP contribution >= 0.6 is 7.60 Å². The molecule has 2 aromatic rings. The Hall–Kier alpha value is -2.78. The molecule has 1 saturated heterocycles. The molecule has 0 bridgehead atoms. The second-order valence-electron chi connectivity index (χ2n) is 6.06. The van der Waals surface area contributed by atoms with Gasteiger partial charge >= 0.3 is 19.3 Å². The van der Waals surface area contributed by atoms with Crippen molar-refractivity contribution in [2.24, 2.45) is 0 Å². The number of hydrogen-bond donors (Lipinski definition) is 3. The first-order chi connectivity index (χ1) is 13.2. The van der Waals surface area contributed by atoms with Crippen molar-refractivity contribution < 1.29 is 28.6 Å². The average Bonchev–Trinajstić information content (AvgIpc) is 3.03. The molecule has 1 fully saturated rings. The standard InChI is InChI=1S/C17H17N2O8P/c20-14-6-8-19(17(22)18-14)15-13(10-12(26-15)7-9-28(23,24)25)27-16(21)11-4-2-1-3-5-11/h1-9,12-13,15H,10H2,(H,18,20,22)(H2,23,24,25)/b9-7+/t12-,13?,15-/m1/s1. The van der Waals surface area contributed by atoms with Gasteiger partial charge in [-0.15, -0.1) is 0 Å². The first-order valence-corrected chi connectivity index (χ1v) is 9.89. The molecule has 0 aliphatic carbocycles. The van der Waals surface area contributed by atoms with E-state index in [0.717, 1.165) is 16.7 Å². The van der Waals surface area contributed by atoms with Crippen LogP contribution in [0, 0.1) is 0 Å². The molecule has 1 aromatic heterocycles. The van der Waals surface area contributed by atoms with Crippen LogP contribution in [0.1, 0.15) is 23.0 Å². The third kappa shape index (κ3) is 4.93. The van der Waals surface area contributed by atoms with Crippen LogP contribution in [-0.4, -0.2) is 37.5 Å². The summed E-state index contributed by atoms with van der Waals surface area (Å²) in [7, 11) is -4.41. The first-order valence-electron chi connectivity index (χ1n) is 8.20. The maximum Gasteiger partial charge on any atom is 0.348 e. The molecule has 0 saturated carbocycles. The SMILES string of the molecule is O=C(OC1C[C@@H](/C=C/P(=O)(O)O)O[C@H]1n1ccc(=O)[nH]c1=O)c1ccccc1. The molecule has 148 valence electrons. The zero-order chi connectivity index (χ0) is 20.3. The highest BCUT2D eigenvalue weighted by Crippen LogP contribution is 2.38. The van der Waals surface area contributed by atoms with Crippen LogP contribution in [0.3, 0.4) is 0 Å². The van der Waals surface area contributed by atoms with Crippen molar-refractivity contribution in [3.8, 4) is 0 Å². The van der Waals surface area contributed by atoms with Gasteiger partial charge in [0, 0.05) is 24.5 Å². The van der Waals surface area contributed by atoms with Crippen LogP contribution in [0.15, 0.2) is 64.1 Å². The van der Waals surface area contributed by atoms with Crippen molar-refractivity contribution >= 4 is 13.6 Å². The fourth-order valence-corrected chi connectivity index (χ4v) is 3.17. The van der Waals surface area contributed by atoms with Gasteiger partial charge in [0.05, 0.1) is 11.7 Å². The van der Waals surface area contributed by atoms with Gasteiger partial charge < -0.3 is 19.3 Å². The van der Waals surface area contributed by atoms with E-state index in [1.165, 1.54) is 6.20 Å². The van der Waals surface area contributed by atoms with Crippen LogP contribution in [0.2, 0.25) is 0 Å². The smallest absolute Gasteiger partial charge is 0.348 e. The Balaban J connectivity index is 1.88. The Morgan fingerprint density at radius 2 is 1.96 bits per heavy atom. The summed E-state index contributed by atoms with van der Waals surface area (Å²) in [6.45, 7) is 0. The number of hydrogen-bond acceptors (Lipinski definition) is 6. The van der Waals surface area contributed by atoms with Gasteiger partial charge in [-0.3, -0.25) is 18.9 Å². The minimum atomic E-state index is -4.41. The van der Waals surface area contributed by atoms with E-state index < -0.39 is 43.2 Å². The summed E-state index contributed by atoms with van der Waals surface area (Å²) in [6.07, 6.45) is -0.410. The summed E-state index contributed by atoms with van der Waals surface area (Å²) < 4.78 is 23.2. The summed E-state index contributed by atoms with van der Waals surface area (Å²) in [5.74, 6) is 0.0440. The number of nitrogens with one attached hydrogen (secondary N) is 1. The number of rotatable bonds is 5. The van der Waals surface area contributed by atoms with E-state index in [1.807, 2.05) is 0 Å². The number of carbonyl (C=O) groups is 1. The van der Waals surface area contributed by atoms with Gasteiger partial charge in [-0.1, -0.05) is 18.2 Å².